The molecule has 3 heterocycles. The Labute approximate surface area is 198 Å². The molecule has 4 nitrogen and oxygen atoms in total. The summed E-state index contributed by atoms with van der Waals surface area (Å²) < 4.78 is 18.1. The van der Waals surface area contributed by atoms with E-state index in [1.54, 1.807) is 0 Å². The maximum absolute atomic E-state index is 7.03. The SMILES string of the molecule is CC1(C)c2ccccc2[N+]2=Cc3ccccc3OC23Oc2c(cccc21)C=[N+]3c1ccccc1. The number of benzene rings is 4. The van der Waals surface area contributed by atoms with Gasteiger partial charge in [-0.25, -0.2) is 0 Å². The fraction of sp³-hybridized carbons (Fsp3) is 0.133. The Bertz CT molecular complexity index is 1530. The van der Waals surface area contributed by atoms with Crippen molar-refractivity contribution in [3.63, 3.8) is 0 Å². The number of rotatable bonds is 1. The zero-order chi connectivity index (χ0) is 22.9. The topological polar surface area (TPSA) is 24.5 Å². The highest BCUT2D eigenvalue weighted by Crippen LogP contribution is 2.50. The Morgan fingerprint density at radius 2 is 1.26 bits per heavy atom. The highest BCUT2D eigenvalue weighted by molar-refractivity contribution is 5.85. The van der Waals surface area contributed by atoms with Gasteiger partial charge in [0, 0.05) is 34.7 Å². The molecule has 2 bridgehead atoms. The molecule has 0 aliphatic carbocycles. The molecule has 3 aliphatic heterocycles. The average molecular weight is 445 g/mol. The van der Waals surface area contributed by atoms with Crippen LogP contribution in [0.5, 0.6) is 11.5 Å². The van der Waals surface area contributed by atoms with Crippen molar-refractivity contribution in [2.24, 2.45) is 0 Å². The lowest BCUT2D eigenvalue weighted by molar-refractivity contribution is -0.856. The first-order chi connectivity index (χ1) is 16.6. The van der Waals surface area contributed by atoms with E-state index >= 15 is 0 Å². The molecular formula is C30H24N2O2+2. The zero-order valence-electron chi connectivity index (χ0n) is 19.1. The van der Waals surface area contributed by atoms with E-state index in [-0.39, 0.29) is 5.41 Å². The van der Waals surface area contributed by atoms with Gasteiger partial charge in [0.2, 0.25) is 11.4 Å². The maximum atomic E-state index is 7.03. The molecule has 4 aromatic carbocycles. The summed E-state index contributed by atoms with van der Waals surface area (Å²) in [7, 11) is 0. The molecule has 34 heavy (non-hydrogen) atoms. The number of hydrogen-bond acceptors (Lipinski definition) is 2. The fourth-order valence-corrected chi connectivity index (χ4v) is 5.40. The van der Waals surface area contributed by atoms with Gasteiger partial charge >= 0.3 is 6.03 Å². The van der Waals surface area contributed by atoms with Crippen LogP contribution >= 0.6 is 0 Å². The molecule has 4 heteroatoms. The fourth-order valence-electron chi connectivity index (χ4n) is 5.40. The molecule has 164 valence electrons. The van der Waals surface area contributed by atoms with E-state index in [0.29, 0.717) is 0 Å². The Morgan fingerprint density at radius 3 is 2.15 bits per heavy atom. The lowest BCUT2D eigenvalue weighted by Crippen LogP contribution is -2.62. The molecule has 1 atom stereocenters. The highest BCUT2D eigenvalue weighted by Gasteiger charge is 2.68. The Hall–Kier alpha value is -4.18. The summed E-state index contributed by atoms with van der Waals surface area (Å²) in [6.45, 7) is 4.53. The Kier molecular flexibility index (Phi) is 3.79. The minimum atomic E-state index is -1.26. The van der Waals surface area contributed by atoms with Crippen LogP contribution in [0.15, 0.2) is 97.1 Å². The molecule has 0 saturated heterocycles. The molecule has 4 aromatic rings. The van der Waals surface area contributed by atoms with Gasteiger partial charge in [0.25, 0.3) is 0 Å². The first kappa shape index (κ1) is 19.3. The standard InChI is InChI=1S/C30H24N2O2/c1-29(2)24-15-7-8-17-26(24)32-19-21-11-6-9-18-27(21)33-30(32)31(23-13-4-3-5-14-23)20-22-12-10-16-25(29)28(22)34-30/h3-20H,1-2H3/q+2. The van der Waals surface area contributed by atoms with Crippen LogP contribution < -0.4 is 9.47 Å². The van der Waals surface area contributed by atoms with Crippen molar-refractivity contribution in [1.29, 1.82) is 0 Å². The van der Waals surface area contributed by atoms with E-state index in [4.69, 9.17) is 9.47 Å². The lowest BCUT2D eigenvalue weighted by atomic mass is 9.75. The van der Waals surface area contributed by atoms with Crippen molar-refractivity contribution >= 4 is 23.8 Å². The number of ether oxygens (including phenoxy) is 2. The largest absolute Gasteiger partial charge is 0.714 e. The van der Waals surface area contributed by atoms with Crippen LogP contribution in [0.1, 0.15) is 36.1 Å². The molecule has 7 rings (SSSR count). The minimum absolute atomic E-state index is 0.276. The summed E-state index contributed by atoms with van der Waals surface area (Å²) in [6.07, 6.45) is 4.30. The van der Waals surface area contributed by atoms with Crippen LogP contribution in [0.3, 0.4) is 0 Å². The normalized spacial score (nSPS) is 20.6. The van der Waals surface area contributed by atoms with Crippen molar-refractivity contribution in [3.8, 4) is 11.5 Å². The van der Waals surface area contributed by atoms with Gasteiger partial charge in [-0.2, -0.15) is 0 Å². The maximum Gasteiger partial charge on any atom is 0.714 e. The third-order valence-corrected chi connectivity index (χ3v) is 7.13. The molecule has 1 unspecified atom stereocenters. The van der Waals surface area contributed by atoms with E-state index in [1.807, 2.05) is 36.4 Å². The van der Waals surface area contributed by atoms with Crippen molar-refractivity contribution in [2.75, 3.05) is 0 Å². The van der Waals surface area contributed by atoms with Crippen LogP contribution in [0.4, 0.5) is 11.4 Å². The summed E-state index contributed by atoms with van der Waals surface area (Å²) in [6, 6.07) is 32.1. The predicted molar refractivity (Wildman–Crippen MR) is 132 cm³/mol. The zero-order valence-corrected chi connectivity index (χ0v) is 19.1. The van der Waals surface area contributed by atoms with Crippen molar-refractivity contribution in [2.45, 2.75) is 25.3 Å². The third-order valence-electron chi connectivity index (χ3n) is 7.13. The predicted octanol–water partition coefficient (Wildman–Crippen LogP) is 5.95. The second kappa shape index (κ2) is 6.67. The first-order valence-corrected chi connectivity index (χ1v) is 11.6. The molecule has 0 fully saturated rings. The summed E-state index contributed by atoms with van der Waals surface area (Å²) in [4.78, 5) is 0. The number of para-hydroxylation sites is 4. The van der Waals surface area contributed by atoms with Crippen LogP contribution in [0.25, 0.3) is 0 Å². The second-order valence-electron chi connectivity index (χ2n) is 9.49. The van der Waals surface area contributed by atoms with Crippen LogP contribution in [0.2, 0.25) is 0 Å². The molecule has 0 amide bonds. The third kappa shape index (κ3) is 2.48. The van der Waals surface area contributed by atoms with Crippen LogP contribution in [0, 0.1) is 0 Å². The van der Waals surface area contributed by atoms with Gasteiger partial charge in [-0.1, -0.05) is 83.7 Å². The van der Waals surface area contributed by atoms with E-state index in [0.717, 1.165) is 39.6 Å². The summed E-state index contributed by atoms with van der Waals surface area (Å²) in [5.41, 5.74) is 6.15. The van der Waals surface area contributed by atoms with Gasteiger partial charge in [0.05, 0.1) is 11.1 Å². The lowest BCUT2D eigenvalue weighted by Gasteiger charge is -2.37. The molecular weight excluding hydrogens is 420 g/mol. The number of hydrogen-bond donors (Lipinski definition) is 0. The Balaban J connectivity index is 1.66. The molecule has 0 saturated carbocycles. The molecule has 1 spiro atoms. The van der Waals surface area contributed by atoms with E-state index in [2.05, 4.69) is 96.1 Å². The van der Waals surface area contributed by atoms with E-state index in [1.165, 1.54) is 5.56 Å². The van der Waals surface area contributed by atoms with Gasteiger partial charge in [-0.15, -0.1) is 0 Å². The number of fused-ring (bicyclic) bond motifs is 3. The quantitative estimate of drug-likeness (QED) is 0.339. The summed E-state index contributed by atoms with van der Waals surface area (Å²) in [5, 5.41) is 0. The van der Waals surface area contributed by atoms with Crippen molar-refractivity contribution in [1.82, 2.24) is 0 Å². The Morgan fingerprint density at radius 1 is 0.588 bits per heavy atom. The average Bonchev–Trinajstić information content (AvgIpc) is 2.87. The number of nitrogens with zero attached hydrogens (tertiary/aromatic N) is 2. The van der Waals surface area contributed by atoms with Crippen LogP contribution in [-0.2, 0) is 5.41 Å². The molecule has 3 aliphatic rings. The molecule has 0 N–H and O–H groups in total. The summed E-state index contributed by atoms with van der Waals surface area (Å²) >= 11 is 0. The molecule has 0 aromatic heterocycles. The second-order valence-corrected chi connectivity index (χ2v) is 9.49. The van der Waals surface area contributed by atoms with Gasteiger partial charge in [-0.05, 0) is 18.2 Å². The van der Waals surface area contributed by atoms with Crippen molar-refractivity contribution in [3.05, 3.63) is 119 Å². The molecule has 0 radical (unpaired) electrons. The van der Waals surface area contributed by atoms with Gasteiger partial charge in [0.1, 0.15) is 0 Å². The van der Waals surface area contributed by atoms with E-state index in [9.17, 15) is 0 Å². The monoisotopic (exact) mass is 444 g/mol. The van der Waals surface area contributed by atoms with Gasteiger partial charge in [0.15, 0.2) is 23.9 Å². The minimum Gasteiger partial charge on any atom is -0.340 e. The highest BCUT2D eigenvalue weighted by atomic mass is 16.7. The van der Waals surface area contributed by atoms with Crippen LogP contribution in [-0.4, -0.2) is 27.6 Å². The first-order valence-electron chi connectivity index (χ1n) is 11.6. The van der Waals surface area contributed by atoms with Gasteiger partial charge < -0.3 is 9.47 Å². The van der Waals surface area contributed by atoms with Gasteiger partial charge in [-0.3, -0.25) is 0 Å². The smallest absolute Gasteiger partial charge is 0.340 e. The summed E-state index contributed by atoms with van der Waals surface area (Å²) in [5.74, 6) is 1.64. The van der Waals surface area contributed by atoms with Crippen molar-refractivity contribution < 1.29 is 18.6 Å². The van der Waals surface area contributed by atoms with E-state index < -0.39 is 6.03 Å².